The van der Waals surface area contributed by atoms with Crippen LogP contribution in [0.5, 0.6) is 0 Å². The average Bonchev–Trinajstić information content (AvgIpc) is 3.04. The van der Waals surface area contributed by atoms with E-state index in [0.717, 1.165) is 15.9 Å². The van der Waals surface area contributed by atoms with Gasteiger partial charge in [-0.2, -0.15) is 0 Å². The highest BCUT2D eigenvalue weighted by atomic mass is 35.5. The molecule has 46 heavy (non-hydrogen) atoms. The second-order valence-electron chi connectivity index (χ2n) is 11.1. The van der Waals surface area contributed by atoms with Crippen LogP contribution in [0.2, 0.25) is 5.02 Å². The zero-order chi connectivity index (χ0) is 33.3. The van der Waals surface area contributed by atoms with Crippen LogP contribution in [0, 0.1) is 16.0 Å². The van der Waals surface area contributed by atoms with E-state index in [1.165, 1.54) is 35.2 Å². The molecule has 0 bridgehead atoms. The quantitative estimate of drug-likeness (QED) is 0.133. The van der Waals surface area contributed by atoms with Gasteiger partial charge in [-0.05, 0) is 47.4 Å². The summed E-state index contributed by atoms with van der Waals surface area (Å²) in [5, 5.41) is 15.0. The van der Waals surface area contributed by atoms with Crippen molar-refractivity contribution < 1.29 is 22.9 Å². The predicted molar refractivity (Wildman–Crippen MR) is 178 cm³/mol. The number of nitrogens with zero attached hydrogens (tertiary/aromatic N) is 3. The average molecular weight is 663 g/mol. The summed E-state index contributed by atoms with van der Waals surface area (Å²) in [5.41, 5.74) is 1.01. The monoisotopic (exact) mass is 662 g/mol. The summed E-state index contributed by atoms with van der Waals surface area (Å²) in [5.74, 6) is -0.953. The Morgan fingerprint density at radius 3 is 2.13 bits per heavy atom. The highest BCUT2D eigenvalue weighted by molar-refractivity contribution is 7.92. The SMILES string of the molecule is CC(C)CNC(=O)[C@H](Cc1ccccc1)N(Cc1cccc(Cl)c1)C(=O)CN(c1cccc([N+](=O)[O-])c1)S(=O)(=O)c1ccccc1. The number of benzene rings is 4. The van der Waals surface area contributed by atoms with Crippen LogP contribution in [0.15, 0.2) is 114 Å². The molecule has 4 rings (SSSR count). The molecule has 0 aliphatic rings. The van der Waals surface area contributed by atoms with Gasteiger partial charge in [-0.25, -0.2) is 8.42 Å². The molecule has 1 N–H and O–H groups in total. The lowest BCUT2D eigenvalue weighted by Gasteiger charge is -2.34. The number of hydrogen-bond acceptors (Lipinski definition) is 6. The van der Waals surface area contributed by atoms with Gasteiger partial charge in [-0.3, -0.25) is 24.0 Å². The minimum atomic E-state index is -4.39. The van der Waals surface area contributed by atoms with Gasteiger partial charge in [-0.15, -0.1) is 0 Å². The van der Waals surface area contributed by atoms with Crippen LogP contribution in [-0.4, -0.2) is 49.2 Å². The first-order chi connectivity index (χ1) is 22.0. The second kappa shape index (κ2) is 15.5. The maximum Gasteiger partial charge on any atom is 0.271 e. The zero-order valence-electron chi connectivity index (χ0n) is 25.5. The van der Waals surface area contributed by atoms with Crippen molar-refractivity contribution in [2.24, 2.45) is 5.92 Å². The summed E-state index contributed by atoms with van der Waals surface area (Å²) in [6.45, 7) is 3.48. The van der Waals surface area contributed by atoms with E-state index in [4.69, 9.17) is 11.6 Å². The standard InChI is InChI=1S/C34H35ClN4O6S/c1-25(2)22-36-34(41)32(20-26-11-5-3-6-12-26)37(23-27-13-9-14-28(35)19-27)33(40)24-38(29-15-10-16-30(21-29)39(42)43)46(44,45)31-17-7-4-8-18-31/h3-19,21,25,32H,20,22-24H2,1-2H3,(H,36,41)/t32-/m0/s1. The van der Waals surface area contributed by atoms with Crippen molar-refractivity contribution in [1.29, 1.82) is 0 Å². The van der Waals surface area contributed by atoms with Gasteiger partial charge in [0, 0.05) is 36.7 Å². The molecule has 0 radical (unpaired) electrons. The van der Waals surface area contributed by atoms with E-state index >= 15 is 0 Å². The first-order valence-electron chi connectivity index (χ1n) is 14.6. The number of sulfonamides is 1. The number of nitro groups is 1. The fourth-order valence-electron chi connectivity index (χ4n) is 4.82. The third-order valence-corrected chi connectivity index (χ3v) is 9.16. The van der Waals surface area contributed by atoms with E-state index in [2.05, 4.69) is 5.32 Å². The molecule has 0 fully saturated rings. The van der Waals surface area contributed by atoms with Crippen molar-refractivity contribution >= 4 is 44.8 Å². The van der Waals surface area contributed by atoms with Crippen LogP contribution >= 0.6 is 11.6 Å². The Morgan fingerprint density at radius 1 is 0.870 bits per heavy atom. The Balaban J connectivity index is 1.82. The molecule has 0 aromatic heterocycles. The van der Waals surface area contributed by atoms with E-state index in [1.54, 1.807) is 42.5 Å². The first kappa shape index (κ1) is 34.1. The first-order valence-corrected chi connectivity index (χ1v) is 16.5. The van der Waals surface area contributed by atoms with Crippen LogP contribution in [0.25, 0.3) is 0 Å². The lowest BCUT2D eigenvalue weighted by molar-refractivity contribution is -0.384. The van der Waals surface area contributed by atoms with Gasteiger partial charge in [0.05, 0.1) is 15.5 Å². The minimum absolute atomic E-state index is 0.0554. The number of rotatable bonds is 14. The third kappa shape index (κ3) is 8.92. The van der Waals surface area contributed by atoms with Gasteiger partial charge in [0.2, 0.25) is 11.8 Å². The molecule has 12 heteroatoms. The molecule has 4 aromatic rings. The molecule has 0 unspecified atom stereocenters. The van der Waals surface area contributed by atoms with Crippen LogP contribution in [0.3, 0.4) is 0 Å². The molecule has 1 atom stereocenters. The lowest BCUT2D eigenvalue weighted by Crippen LogP contribution is -2.53. The van der Waals surface area contributed by atoms with Gasteiger partial charge in [0.15, 0.2) is 0 Å². The molecule has 0 aliphatic heterocycles. The smallest absolute Gasteiger partial charge is 0.271 e. The molecular weight excluding hydrogens is 628 g/mol. The summed E-state index contributed by atoms with van der Waals surface area (Å²) in [6.07, 6.45) is 0.152. The Morgan fingerprint density at radius 2 is 1.50 bits per heavy atom. The van der Waals surface area contributed by atoms with E-state index < -0.39 is 39.3 Å². The number of carbonyl (C=O) groups is 2. The van der Waals surface area contributed by atoms with Crippen LogP contribution in [-0.2, 0) is 32.6 Å². The van der Waals surface area contributed by atoms with Gasteiger partial charge < -0.3 is 10.2 Å². The molecule has 0 saturated heterocycles. The number of nitro benzene ring substituents is 1. The number of hydrogen-bond donors (Lipinski definition) is 1. The molecular formula is C34H35ClN4O6S. The van der Waals surface area contributed by atoms with Crippen LogP contribution < -0.4 is 9.62 Å². The summed E-state index contributed by atoms with van der Waals surface area (Å²) < 4.78 is 28.9. The highest BCUT2D eigenvalue weighted by Crippen LogP contribution is 2.28. The molecule has 0 spiro atoms. The van der Waals surface area contributed by atoms with Gasteiger partial charge in [0.1, 0.15) is 12.6 Å². The fraction of sp³-hybridized carbons (Fsp3) is 0.235. The summed E-state index contributed by atoms with van der Waals surface area (Å²) in [6, 6.07) is 27.6. The van der Waals surface area contributed by atoms with E-state index in [1.807, 2.05) is 44.2 Å². The van der Waals surface area contributed by atoms with Crippen molar-refractivity contribution in [3.63, 3.8) is 0 Å². The maximum absolute atomic E-state index is 14.5. The Kier molecular flexibility index (Phi) is 11.5. The number of carbonyl (C=O) groups excluding carboxylic acids is 2. The Hall–Kier alpha value is -4.74. The summed E-state index contributed by atoms with van der Waals surface area (Å²) in [7, 11) is -4.39. The van der Waals surface area contributed by atoms with E-state index in [9.17, 15) is 28.1 Å². The Labute approximate surface area is 273 Å². The van der Waals surface area contributed by atoms with Crippen molar-refractivity contribution in [2.45, 2.75) is 37.8 Å². The van der Waals surface area contributed by atoms with Crippen molar-refractivity contribution in [1.82, 2.24) is 10.2 Å². The molecule has 10 nitrogen and oxygen atoms in total. The number of amides is 2. The second-order valence-corrected chi connectivity index (χ2v) is 13.4. The van der Waals surface area contributed by atoms with Crippen molar-refractivity contribution in [3.8, 4) is 0 Å². The highest BCUT2D eigenvalue weighted by Gasteiger charge is 2.35. The van der Waals surface area contributed by atoms with Gasteiger partial charge in [0.25, 0.3) is 15.7 Å². The lowest BCUT2D eigenvalue weighted by atomic mass is 10.0. The summed E-state index contributed by atoms with van der Waals surface area (Å²) in [4.78, 5) is 40.5. The topological polar surface area (TPSA) is 130 Å². The van der Waals surface area contributed by atoms with E-state index in [0.29, 0.717) is 17.1 Å². The number of non-ortho nitro benzene ring substituents is 1. The molecule has 0 aliphatic carbocycles. The van der Waals surface area contributed by atoms with Crippen LogP contribution in [0.4, 0.5) is 11.4 Å². The summed E-state index contributed by atoms with van der Waals surface area (Å²) >= 11 is 6.27. The Bertz CT molecular complexity index is 1770. The molecule has 0 saturated carbocycles. The van der Waals surface area contributed by atoms with Crippen LogP contribution in [0.1, 0.15) is 25.0 Å². The van der Waals surface area contributed by atoms with E-state index in [-0.39, 0.29) is 35.2 Å². The normalized spacial score (nSPS) is 11.9. The largest absolute Gasteiger partial charge is 0.354 e. The molecule has 2 amide bonds. The zero-order valence-corrected chi connectivity index (χ0v) is 27.0. The van der Waals surface area contributed by atoms with Gasteiger partial charge in [-0.1, -0.05) is 92.2 Å². The number of nitrogens with one attached hydrogen (secondary N) is 1. The number of anilines is 1. The molecule has 240 valence electrons. The van der Waals surface area contributed by atoms with Crippen molar-refractivity contribution in [3.05, 3.63) is 135 Å². The predicted octanol–water partition coefficient (Wildman–Crippen LogP) is 5.86. The van der Waals surface area contributed by atoms with Gasteiger partial charge >= 0.3 is 0 Å². The fourth-order valence-corrected chi connectivity index (χ4v) is 6.46. The number of halogens is 1. The third-order valence-electron chi connectivity index (χ3n) is 7.14. The molecule has 0 heterocycles. The van der Waals surface area contributed by atoms with Crippen molar-refractivity contribution in [2.75, 3.05) is 17.4 Å². The minimum Gasteiger partial charge on any atom is -0.354 e. The maximum atomic E-state index is 14.5. The molecule has 4 aromatic carbocycles.